The number of rotatable bonds is 7. The molecular formula is C9H23N3. The van der Waals surface area contributed by atoms with E-state index in [-0.39, 0.29) is 6.17 Å². The van der Waals surface area contributed by atoms with Gasteiger partial charge in [-0.3, -0.25) is 0 Å². The maximum absolute atomic E-state index is 5.61. The van der Waals surface area contributed by atoms with Crippen molar-refractivity contribution in [3.8, 4) is 0 Å². The third-order valence-corrected chi connectivity index (χ3v) is 2.18. The maximum atomic E-state index is 5.61. The van der Waals surface area contributed by atoms with E-state index in [0.717, 1.165) is 19.4 Å². The standard InChI is InChI=1S/C9H23N3/c1-2-4-8(7-10)5-3-6-9(11)12/h8-9H,2-7,10-12H2,1H3. The van der Waals surface area contributed by atoms with Crippen LogP contribution in [0.1, 0.15) is 39.0 Å². The van der Waals surface area contributed by atoms with Gasteiger partial charge in [-0.15, -0.1) is 0 Å². The fourth-order valence-electron chi connectivity index (χ4n) is 1.43. The van der Waals surface area contributed by atoms with Crippen molar-refractivity contribution in [1.29, 1.82) is 0 Å². The van der Waals surface area contributed by atoms with Gasteiger partial charge in [0.25, 0.3) is 0 Å². The lowest BCUT2D eigenvalue weighted by Gasteiger charge is -2.13. The zero-order valence-corrected chi connectivity index (χ0v) is 8.13. The summed E-state index contributed by atoms with van der Waals surface area (Å²) in [5.74, 6) is 0.675. The van der Waals surface area contributed by atoms with E-state index in [4.69, 9.17) is 17.2 Å². The summed E-state index contributed by atoms with van der Waals surface area (Å²) in [6, 6.07) is 0. The number of hydrogen-bond donors (Lipinski definition) is 3. The molecule has 0 saturated heterocycles. The van der Waals surface area contributed by atoms with Crippen molar-refractivity contribution in [2.45, 2.75) is 45.2 Å². The van der Waals surface area contributed by atoms with Crippen LogP contribution in [0.5, 0.6) is 0 Å². The zero-order chi connectivity index (χ0) is 9.40. The van der Waals surface area contributed by atoms with Gasteiger partial charge in [0.15, 0.2) is 0 Å². The molecule has 12 heavy (non-hydrogen) atoms. The summed E-state index contributed by atoms with van der Waals surface area (Å²) in [5, 5.41) is 0. The Morgan fingerprint density at radius 2 is 1.75 bits per heavy atom. The van der Waals surface area contributed by atoms with E-state index in [2.05, 4.69) is 6.92 Å². The summed E-state index contributed by atoms with van der Waals surface area (Å²) in [5.41, 5.74) is 16.5. The van der Waals surface area contributed by atoms with Gasteiger partial charge in [0.1, 0.15) is 0 Å². The average molecular weight is 173 g/mol. The van der Waals surface area contributed by atoms with E-state index in [1.165, 1.54) is 19.3 Å². The molecule has 0 bridgehead atoms. The van der Waals surface area contributed by atoms with Gasteiger partial charge < -0.3 is 17.2 Å². The molecule has 1 unspecified atom stereocenters. The smallest absolute Gasteiger partial charge is 0.0520 e. The van der Waals surface area contributed by atoms with Crippen LogP contribution >= 0.6 is 0 Å². The highest BCUT2D eigenvalue weighted by molar-refractivity contribution is 4.61. The van der Waals surface area contributed by atoms with E-state index in [1.54, 1.807) is 0 Å². The molecule has 3 nitrogen and oxygen atoms in total. The van der Waals surface area contributed by atoms with Crippen LogP contribution in [0.15, 0.2) is 0 Å². The van der Waals surface area contributed by atoms with E-state index in [1.807, 2.05) is 0 Å². The predicted octanol–water partition coefficient (Wildman–Crippen LogP) is 0.775. The number of nitrogens with two attached hydrogens (primary N) is 3. The molecule has 0 heterocycles. The van der Waals surface area contributed by atoms with Gasteiger partial charge in [-0.2, -0.15) is 0 Å². The molecule has 0 rings (SSSR count). The molecule has 6 N–H and O–H groups in total. The molecule has 1 atom stereocenters. The second-order valence-corrected chi connectivity index (χ2v) is 3.49. The second-order valence-electron chi connectivity index (χ2n) is 3.49. The highest BCUT2D eigenvalue weighted by Crippen LogP contribution is 2.13. The summed E-state index contributed by atoms with van der Waals surface area (Å²) in [7, 11) is 0. The summed E-state index contributed by atoms with van der Waals surface area (Å²) in [6.45, 7) is 2.99. The molecule has 0 amide bonds. The minimum Gasteiger partial charge on any atom is -0.330 e. The summed E-state index contributed by atoms with van der Waals surface area (Å²) in [4.78, 5) is 0. The molecule has 0 fully saturated rings. The van der Waals surface area contributed by atoms with Crippen molar-refractivity contribution in [2.75, 3.05) is 6.54 Å². The SMILES string of the molecule is CCCC(CN)CCCC(N)N. The average Bonchev–Trinajstić information content (AvgIpc) is 2.02. The molecule has 0 aliphatic carbocycles. The van der Waals surface area contributed by atoms with E-state index in [0.29, 0.717) is 5.92 Å². The van der Waals surface area contributed by atoms with Crippen LogP contribution in [0.2, 0.25) is 0 Å². The first-order valence-electron chi connectivity index (χ1n) is 4.92. The van der Waals surface area contributed by atoms with Gasteiger partial charge >= 0.3 is 0 Å². The van der Waals surface area contributed by atoms with Crippen LogP contribution in [0.4, 0.5) is 0 Å². The van der Waals surface area contributed by atoms with Crippen LogP contribution in [0.3, 0.4) is 0 Å². The largest absolute Gasteiger partial charge is 0.330 e. The maximum Gasteiger partial charge on any atom is 0.0520 e. The second kappa shape index (κ2) is 7.53. The highest BCUT2D eigenvalue weighted by Gasteiger charge is 2.05. The van der Waals surface area contributed by atoms with Gasteiger partial charge in [0.2, 0.25) is 0 Å². The predicted molar refractivity (Wildman–Crippen MR) is 53.5 cm³/mol. The normalized spacial score (nSPS) is 13.8. The van der Waals surface area contributed by atoms with Crippen LogP contribution in [-0.4, -0.2) is 12.7 Å². The van der Waals surface area contributed by atoms with Crippen molar-refractivity contribution in [2.24, 2.45) is 23.1 Å². The Morgan fingerprint density at radius 3 is 2.17 bits per heavy atom. The molecule has 0 aromatic heterocycles. The Balaban J connectivity index is 3.31. The molecule has 0 aliphatic heterocycles. The first-order chi connectivity index (χ1) is 5.70. The third kappa shape index (κ3) is 6.58. The Kier molecular flexibility index (Phi) is 7.45. The van der Waals surface area contributed by atoms with Crippen LogP contribution in [0.25, 0.3) is 0 Å². The third-order valence-electron chi connectivity index (χ3n) is 2.18. The van der Waals surface area contributed by atoms with Crippen LogP contribution < -0.4 is 17.2 Å². The first kappa shape index (κ1) is 11.9. The quantitative estimate of drug-likeness (QED) is 0.498. The number of hydrogen-bond acceptors (Lipinski definition) is 3. The van der Waals surface area contributed by atoms with Crippen molar-refractivity contribution in [3.63, 3.8) is 0 Å². The molecule has 0 saturated carbocycles. The molecular weight excluding hydrogens is 150 g/mol. The molecule has 0 aromatic rings. The zero-order valence-electron chi connectivity index (χ0n) is 8.13. The Morgan fingerprint density at radius 1 is 1.08 bits per heavy atom. The highest BCUT2D eigenvalue weighted by atomic mass is 14.8. The van der Waals surface area contributed by atoms with E-state index >= 15 is 0 Å². The summed E-state index contributed by atoms with van der Waals surface area (Å²) >= 11 is 0. The molecule has 3 heteroatoms. The van der Waals surface area contributed by atoms with Gasteiger partial charge in [0, 0.05) is 0 Å². The van der Waals surface area contributed by atoms with Gasteiger partial charge in [-0.05, 0) is 31.7 Å². The molecule has 0 aromatic carbocycles. The Hall–Kier alpha value is -0.120. The first-order valence-corrected chi connectivity index (χ1v) is 4.92. The molecule has 0 radical (unpaired) electrons. The van der Waals surface area contributed by atoms with Gasteiger partial charge in [-0.25, -0.2) is 0 Å². The molecule has 0 aliphatic rings. The van der Waals surface area contributed by atoms with Crippen molar-refractivity contribution in [3.05, 3.63) is 0 Å². The Bertz CT molecular complexity index is 93.8. The van der Waals surface area contributed by atoms with E-state index < -0.39 is 0 Å². The van der Waals surface area contributed by atoms with E-state index in [9.17, 15) is 0 Å². The van der Waals surface area contributed by atoms with Gasteiger partial charge in [0.05, 0.1) is 6.17 Å². The van der Waals surface area contributed by atoms with Crippen LogP contribution in [0, 0.1) is 5.92 Å². The Labute approximate surface area is 75.7 Å². The van der Waals surface area contributed by atoms with Gasteiger partial charge in [-0.1, -0.05) is 19.8 Å². The molecule has 0 spiro atoms. The van der Waals surface area contributed by atoms with Crippen molar-refractivity contribution < 1.29 is 0 Å². The monoisotopic (exact) mass is 173 g/mol. The minimum atomic E-state index is -0.148. The van der Waals surface area contributed by atoms with Crippen molar-refractivity contribution >= 4 is 0 Å². The summed E-state index contributed by atoms with van der Waals surface area (Å²) < 4.78 is 0. The minimum absolute atomic E-state index is 0.148. The fraction of sp³-hybridized carbons (Fsp3) is 1.00. The van der Waals surface area contributed by atoms with Crippen molar-refractivity contribution in [1.82, 2.24) is 0 Å². The fourth-order valence-corrected chi connectivity index (χ4v) is 1.43. The van der Waals surface area contributed by atoms with Crippen LogP contribution in [-0.2, 0) is 0 Å². The topological polar surface area (TPSA) is 78.1 Å². The molecule has 74 valence electrons. The lowest BCUT2D eigenvalue weighted by molar-refractivity contribution is 0.423. The lowest BCUT2D eigenvalue weighted by atomic mass is 9.97. The summed E-state index contributed by atoms with van der Waals surface area (Å²) in [6.07, 6.45) is 5.51. The lowest BCUT2D eigenvalue weighted by Crippen LogP contribution is -2.30.